The van der Waals surface area contributed by atoms with Gasteiger partial charge in [-0.25, -0.2) is 4.98 Å². The zero-order valence-electron chi connectivity index (χ0n) is 53.9. The molecule has 1 aromatic heterocycles. The highest BCUT2D eigenvalue weighted by molar-refractivity contribution is 5.96. The molecule has 0 spiro atoms. The number of imidazole rings is 1. The minimum Gasteiger partial charge on any atom is -0.469 e. The van der Waals surface area contributed by atoms with E-state index in [1.807, 2.05) is 49.9 Å². The van der Waals surface area contributed by atoms with Crippen molar-refractivity contribution in [1.29, 1.82) is 0 Å². The quantitative estimate of drug-likeness (QED) is 0.0595. The summed E-state index contributed by atoms with van der Waals surface area (Å²) in [6.07, 6.45) is 2.70. The molecule has 0 bridgehead atoms. The van der Waals surface area contributed by atoms with Crippen molar-refractivity contribution in [2.45, 2.75) is 156 Å². The van der Waals surface area contributed by atoms with Gasteiger partial charge in [0.15, 0.2) is 0 Å². The number of amides is 4. The molecule has 0 aliphatic carbocycles. The maximum Gasteiger partial charge on any atom is 0.320 e. The van der Waals surface area contributed by atoms with Crippen LogP contribution in [0, 0.1) is 0 Å². The van der Waals surface area contributed by atoms with Crippen LogP contribution >= 0.6 is 0 Å². The van der Waals surface area contributed by atoms with E-state index in [0.717, 1.165) is 5.56 Å². The van der Waals surface area contributed by atoms with Gasteiger partial charge in [-0.3, -0.25) is 62.8 Å². The molecule has 2 aliphatic heterocycles. The van der Waals surface area contributed by atoms with Crippen LogP contribution < -0.4 is 16.0 Å². The number of hydrogen-bond acceptors (Lipinski definition) is 20. The number of hydrogen-bond donors (Lipinski definition) is 4. The molecule has 25 heteroatoms. The molecule has 2 aliphatic rings. The van der Waals surface area contributed by atoms with Crippen LogP contribution in [0.3, 0.4) is 0 Å². The van der Waals surface area contributed by atoms with Gasteiger partial charge in [-0.2, -0.15) is 0 Å². The Bertz CT molecular complexity index is 2780. The fraction of sp³-hybridized carbons (Fsp3) is 0.619. The van der Waals surface area contributed by atoms with Crippen molar-refractivity contribution in [2.24, 2.45) is 0 Å². The molecule has 0 radical (unpaired) electrons. The summed E-state index contributed by atoms with van der Waals surface area (Å²) in [6, 6.07) is 12.2. The molecule has 0 saturated carbocycles. The number of H-pyrrole nitrogens is 1. The molecule has 1 saturated heterocycles. The van der Waals surface area contributed by atoms with Gasteiger partial charge >= 0.3 is 29.8 Å². The lowest BCUT2D eigenvalue weighted by Crippen LogP contribution is -2.53. The summed E-state index contributed by atoms with van der Waals surface area (Å²) in [7, 11) is 1.23. The number of nitrogens with zero attached hydrogens (tertiary/aromatic N) is 7. The zero-order chi connectivity index (χ0) is 65.0. The van der Waals surface area contributed by atoms with E-state index in [0.29, 0.717) is 55.4 Å². The average molecular weight is 1230 g/mol. The fourth-order valence-corrected chi connectivity index (χ4v) is 9.77. The van der Waals surface area contributed by atoms with Gasteiger partial charge in [0.05, 0.1) is 52.7 Å². The molecule has 88 heavy (non-hydrogen) atoms. The number of benzene rings is 2. The number of anilines is 1. The van der Waals surface area contributed by atoms with Crippen LogP contribution in [0.1, 0.15) is 130 Å². The number of nitrogens with one attached hydrogen (secondary N) is 4. The third kappa shape index (κ3) is 26.5. The van der Waals surface area contributed by atoms with Gasteiger partial charge in [-0.1, -0.05) is 30.3 Å². The van der Waals surface area contributed by atoms with E-state index >= 15 is 0 Å². The first kappa shape index (κ1) is 71.3. The van der Waals surface area contributed by atoms with Crippen molar-refractivity contribution >= 4 is 59.2 Å². The topological polar surface area (TPSA) is 284 Å². The monoisotopic (exact) mass is 1230 g/mol. The van der Waals surface area contributed by atoms with Gasteiger partial charge in [0.2, 0.25) is 17.7 Å². The maximum atomic E-state index is 14.3. The van der Waals surface area contributed by atoms with E-state index in [2.05, 4.69) is 25.9 Å². The van der Waals surface area contributed by atoms with Crippen molar-refractivity contribution in [3.05, 3.63) is 83.4 Å². The Morgan fingerprint density at radius 2 is 1.15 bits per heavy atom. The van der Waals surface area contributed by atoms with E-state index in [-0.39, 0.29) is 97.3 Å². The molecule has 486 valence electrons. The Hall–Kier alpha value is -7.48. The fourth-order valence-electron chi connectivity index (χ4n) is 9.77. The highest BCUT2D eigenvalue weighted by Gasteiger charge is 2.34. The lowest BCUT2D eigenvalue weighted by Gasteiger charge is -2.34. The molecule has 2 aromatic carbocycles. The number of aromatic nitrogens is 2. The summed E-state index contributed by atoms with van der Waals surface area (Å²) < 4.78 is 27.6. The smallest absolute Gasteiger partial charge is 0.320 e. The normalized spacial score (nSPS) is 16.7. The third-order valence-corrected chi connectivity index (χ3v) is 13.6. The number of carbonyl (C=O) groups is 9. The highest BCUT2D eigenvalue weighted by Crippen LogP contribution is 2.27. The van der Waals surface area contributed by atoms with Gasteiger partial charge in [0, 0.05) is 102 Å². The number of carbonyl (C=O) groups excluding carboxylic acids is 9. The molecule has 5 rings (SSSR count). The standard InChI is InChI=1S/C63H95N11O14/c1-60(2,3)85-53(77)35-48(68-51(75)40-69-26-28-70(41-54(78)86-61(4,5)6)30-32-72(43-56(80)88-63(10,11)12)33-31-71(29-27-69)42-55(79)87-62(7,8)9)57(81)66-22-17-25-73-38-46-34-45(20-21-47(46)67-49(59(73)83)36-52(76)84-13)58(82)74(39-50-64-23-24-65-50)37-44-18-15-14-16-19-44/h14-16,18-21,23-24,34,48-49,67H,17,22,25-33,35-43H2,1-13H3,(H,64,65)(H,66,81)(H,68,75)/t48-,49-/m0/s1. The van der Waals surface area contributed by atoms with Crippen molar-refractivity contribution < 1.29 is 66.8 Å². The predicted octanol–water partition coefficient (Wildman–Crippen LogP) is 3.91. The van der Waals surface area contributed by atoms with Gasteiger partial charge in [-0.05, 0) is 119 Å². The zero-order valence-corrected chi connectivity index (χ0v) is 53.9. The van der Waals surface area contributed by atoms with Gasteiger partial charge in [0.1, 0.15) is 40.3 Å². The first-order chi connectivity index (χ1) is 41.2. The van der Waals surface area contributed by atoms with E-state index in [1.54, 1.807) is 119 Å². The molecular formula is C63H95N11O14. The average Bonchev–Trinajstić information content (AvgIpc) is 2.87. The minimum atomic E-state index is -1.40. The van der Waals surface area contributed by atoms with E-state index in [9.17, 15) is 43.2 Å². The largest absolute Gasteiger partial charge is 0.469 e. The SMILES string of the molecule is COC(=O)C[C@@H]1Nc2ccc(C(=O)N(Cc3ccccc3)Cc3ncc[nH]3)cc2CN(CCCNC(=O)[C@H](CC(=O)OC(C)(C)C)NC(=O)CN2CCN(CC(=O)OC(C)(C)C)CCN(CC(=O)OC(C)(C)C)CCN(CC(=O)OC(C)(C)C)CC2)C1=O. The number of rotatable bonds is 23. The predicted molar refractivity (Wildman–Crippen MR) is 328 cm³/mol. The van der Waals surface area contributed by atoms with E-state index in [1.165, 1.54) is 12.0 Å². The molecule has 25 nitrogen and oxygen atoms in total. The van der Waals surface area contributed by atoms with Crippen LogP contribution in [0.2, 0.25) is 0 Å². The molecule has 0 unspecified atom stereocenters. The van der Waals surface area contributed by atoms with Crippen LogP contribution in [0.25, 0.3) is 0 Å². The Balaban J connectivity index is 1.34. The molecule has 3 aromatic rings. The highest BCUT2D eigenvalue weighted by atomic mass is 16.6. The second kappa shape index (κ2) is 32.7. The number of aromatic amines is 1. The number of esters is 5. The van der Waals surface area contributed by atoms with Gasteiger partial charge < -0.3 is 54.4 Å². The van der Waals surface area contributed by atoms with Gasteiger partial charge in [-0.15, -0.1) is 0 Å². The van der Waals surface area contributed by atoms with Crippen LogP contribution in [0.4, 0.5) is 5.69 Å². The van der Waals surface area contributed by atoms with Crippen molar-refractivity contribution in [3.8, 4) is 0 Å². The molecule has 3 heterocycles. The summed E-state index contributed by atoms with van der Waals surface area (Å²) in [5.74, 6) is -4.09. The number of fused-ring (bicyclic) bond motifs is 1. The second-order valence-corrected chi connectivity index (χ2v) is 26.2. The molecular weight excluding hydrogens is 1130 g/mol. The van der Waals surface area contributed by atoms with Crippen LogP contribution in [0.5, 0.6) is 0 Å². The summed E-state index contributed by atoms with van der Waals surface area (Å²) >= 11 is 0. The summed E-state index contributed by atoms with van der Waals surface area (Å²) in [5, 5.41) is 8.80. The van der Waals surface area contributed by atoms with Crippen molar-refractivity contribution in [1.82, 2.24) is 50.0 Å². The molecule has 1 fully saturated rings. The number of methoxy groups -OCH3 is 1. The summed E-state index contributed by atoms with van der Waals surface area (Å²) in [6.45, 7) is 23.5. The van der Waals surface area contributed by atoms with Crippen LogP contribution in [-0.2, 0) is 81.7 Å². The molecule has 4 amide bonds. The third-order valence-electron chi connectivity index (χ3n) is 13.6. The van der Waals surface area contributed by atoms with Crippen molar-refractivity contribution in [3.63, 3.8) is 0 Å². The van der Waals surface area contributed by atoms with Gasteiger partial charge in [0.25, 0.3) is 5.91 Å². The maximum absolute atomic E-state index is 14.3. The van der Waals surface area contributed by atoms with E-state index in [4.69, 9.17) is 23.7 Å². The Morgan fingerprint density at radius 3 is 1.62 bits per heavy atom. The summed E-state index contributed by atoms with van der Waals surface area (Å²) in [4.78, 5) is 141. The molecule has 4 N–H and O–H groups in total. The number of ether oxygens (including phenoxy) is 5. The lowest BCUT2D eigenvalue weighted by atomic mass is 10.1. The lowest BCUT2D eigenvalue weighted by molar-refractivity contribution is -0.158. The Kier molecular flexibility index (Phi) is 26.5. The van der Waals surface area contributed by atoms with Crippen LogP contribution in [0.15, 0.2) is 60.9 Å². The van der Waals surface area contributed by atoms with E-state index < -0.39 is 88.5 Å². The second-order valence-electron chi connectivity index (χ2n) is 26.2. The first-order valence-electron chi connectivity index (χ1n) is 30.1. The van der Waals surface area contributed by atoms with Crippen molar-refractivity contribution in [2.75, 3.05) is 104 Å². The van der Waals surface area contributed by atoms with Crippen LogP contribution in [-0.4, -0.2) is 226 Å². The Labute approximate surface area is 518 Å². The Morgan fingerprint density at radius 1 is 0.648 bits per heavy atom. The molecule has 2 atom stereocenters. The summed E-state index contributed by atoms with van der Waals surface area (Å²) in [5.41, 5.74) is -0.723. The first-order valence-corrected chi connectivity index (χ1v) is 30.1. The minimum absolute atomic E-state index is 0.00665.